The molecule has 0 atom stereocenters. The Kier molecular flexibility index (Phi) is 4.16. The molecule has 1 aliphatic carbocycles. The second kappa shape index (κ2) is 5.69. The first-order valence-corrected chi connectivity index (χ1v) is 7.01. The van der Waals surface area contributed by atoms with Crippen molar-refractivity contribution in [3.05, 3.63) is 23.5 Å². The minimum atomic E-state index is -0.630. The summed E-state index contributed by atoms with van der Waals surface area (Å²) in [5.41, 5.74) is 11.6. The lowest BCUT2D eigenvalue weighted by molar-refractivity contribution is 0.100. The number of nitrogens with two attached hydrogens (primary N) is 2. The zero-order valence-electron chi connectivity index (χ0n) is 12.0. The van der Waals surface area contributed by atoms with E-state index in [0.717, 1.165) is 31.6 Å². The molecule has 2 rings (SSSR count). The number of benzene rings is 1. The molecule has 1 amide bonds. The molecule has 1 aromatic carbocycles. The number of primary amides is 1. The van der Waals surface area contributed by atoms with Gasteiger partial charge in [-0.2, -0.15) is 0 Å². The molecule has 20 heavy (non-hydrogen) atoms. The Morgan fingerprint density at radius 1 is 1.30 bits per heavy atom. The summed E-state index contributed by atoms with van der Waals surface area (Å²) < 4.78 is 14.1. The van der Waals surface area contributed by atoms with Crippen molar-refractivity contribution in [1.29, 1.82) is 0 Å². The Balaban J connectivity index is 2.27. The van der Waals surface area contributed by atoms with Crippen LogP contribution in [0.1, 0.15) is 43.0 Å². The van der Waals surface area contributed by atoms with Crippen LogP contribution in [0.15, 0.2) is 12.1 Å². The van der Waals surface area contributed by atoms with Crippen molar-refractivity contribution in [2.75, 3.05) is 17.7 Å². The van der Waals surface area contributed by atoms with Gasteiger partial charge in [0.2, 0.25) is 0 Å². The molecule has 1 saturated carbocycles. The average molecular weight is 279 g/mol. The van der Waals surface area contributed by atoms with Crippen LogP contribution in [0.3, 0.4) is 0 Å². The van der Waals surface area contributed by atoms with Crippen molar-refractivity contribution in [1.82, 2.24) is 0 Å². The number of rotatable bonds is 3. The number of hydrogen-bond acceptors (Lipinski definition) is 3. The van der Waals surface area contributed by atoms with Crippen molar-refractivity contribution in [3.8, 4) is 0 Å². The largest absolute Gasteiger partial charge is 0.398 e. The summed E-state index contributed by atoms with van der Waals surface area (Å²) in [5.74, 6) is -0.305. The number of halogens is 1. The molecule has 0 heterocycles. The predicted molar refractivity (Wildman–Crippen MR) is 79.2 cm³/mol. The van der Waals surface area contributed by atoms with E-state index >= 15 is 0 Å². The fourth-order valence-electron chi connectivity index (χ4n) is 2.89. The van der Waals surface area contributed by atoms with Gasteiger partial charge in [0.1, 0.15) is 5.82 Å². The van der Waals surface area contributed by atoms with Gasteiger partial charge in [0, 0.05) is 18.8 Å². The Morgan fingerprint density at radius 2 is 1.90 bits per heavy atom. The maximum absolute atomic E-state index is 14.1. The summed E-state index contributed by atoms with van der Waals surface area (Å²) in [6.07, 6.45) is 4.36. The van der Waals surface area contributed by atoms with Gasteiger partial charge >= 0.3 is 0 Å². The molecule has 0 aromatic heterocycles. The first-order chi connectivity index (χ1) is 9.40. The lowest BCUT2D eigenvalue weighted by Gasteiger charge is -2.35. The highest BCUT2D eigenvalue weighted by Crippen LogP contribution is 2.32. The van der Waals surface area contributed by atoms with Crippen LogP contribution >= 0.6 is 0 Å². The molecular weight excluding hydrogens is 257 g/mol. The predicted octanol–water partition coefficient (Wildman–Crippen LogP) is 2.52. The zero-order valence-corrected chi connectivity index (χ0v) is 12.0. The van der Waals surface area contributed by atoms with Gasteiger partial charge in [0.25, 0.3) is 5.91 Å². The van der Waals surface area contributed by atoms with E-state index in [1.165, 1.54) is 12.1 Å². The number of hydrogen-bond donors (Lipinski definition) is 2. The molecule has 110 valence electrons. The minimum Gasteiger partial charge on any atom is -0.398 e. The monoisotopic (exact) mass is 279 g/mol. The van der Waals surface area contributed by atoms with Crippen molar-refractivity contribution >= 4 is 17.3 Å². The molecule has 0 radical (unpaired) electrons. The van der Waals surface area contributed by atoms with Crippen LogP contribution in [0, 0.1) is 11.7 Å². The fourth-order valence-corrected chi connectivity index (χ4v) is 2.89. The van der Waals surface area contributed by atoms with Crippen LogP contribution in [0.25, 0.3) is 0 Å². The van der Waals surface area contributed by atoms with E-state index in [4.69, 9.17) is 11.5 Å². The first kappa shape index (κ1) is 14.6. The summed E-state index contributed by atoms with van der Waals surface area (Å²) >= 11 is 0. The highest BCUT2D eigenvalue weighted by atomic mass is 19.1. The Morgan fingerprint density at radius 3 is 2.45 bits per heavy atom. The van der Waals surface area contributed by atoms with Gasteiger partial charge in [0.15, 0.2) is 0 Å². The summed E-state index contributed by atoms with van der Waals surface area (Å²) in [7, 11) is 1.86. The standard InChI is InChI=1S/C15H22FN3O/c1-9-3-5-10(6-4-9)19(2)14-7-11(15(18)20)13(17)8-12(14)16/h7-10H,3-6,17H2,1-2H3,(H2,18,20). The summed E-state index contributed by atoms with van der Waals surface area (Å²) in [5, 5.41) is 0. The number of amides is 1. The van der Waals surface area contributed by atoms with Crippen LogP contribution in [-0.2, 0) is 0 Å². The maximum Gasteiger partial charge on any atom is 0.250 e. The Bertz CT molecular complexity index is 510. The molecule has 4 nitrogen and oxygen atoms in total. The SMILES string of the molecule is CC1CCC(N(C)c2cc(C(N)=O)c(N)cc2F)CC1. The molecule has 1 aromatic rings. The van der Waals surface area contributed by atoms with Crippen LogP contribution in [-0.4, -0.2) is 19.0 Å². The number of nitrogens with zero attached hydrogens (tertiary/aromatic N) is 1. The zero-order chi connectivity index (χ0) is 14.9. The van der Waals surface area contributed by atoms with E-state index in [1.807, 2.05) is 11.9 Å². The molecule has 4 N–H and O–H groups in total. The number of carbonyl (C=O) groups excluding carboxylic acids is 1. The van der Waals surface area contributed by atoms with Crippen molar-refractivity contribution in [2.45, 2.75) is 38.6 Å². The second-order valence-corrected chi connectivity index (χ2v) is 5.78. The molecule has 0 saturated heterocycles. The number of nitrogen functional groups attached to an aromatic ring is 1. The van der Waals surface area contributed by atoms with Crippen LogP contribution in [0.5, 0.6) is 0 Å². The van der Waals surface area contributed by atoms with Crippen LogP contribution < -0.4 is 16.4 Å². The van der Waals surface area contributed by atoms with E-state index in [9.17, 15) is 9.18 Å². The normalized spacial score (nSPS) is 22.6. The lowest BCUT2D eigenvalue weighted by Crippen LogP contribution is -2.35. The van der Waals surface area contributed by atoms with Gasteiger partial charge in [0.05, 0.1) is 11.3 Å². The Labute approximate surface area is 118 Å². The molecular formula is C15H22FN3O. The van der Waals surface area contributed by atoms with Gasteiger partial charge in [-0.25, -0.2) is 4.39 Å². The van der Waals surface area contributed by atoms with E-state index < -0.39 is 11.7 Å². The van der Waals surface area contributed by atoms with Gasteiger partial charge in [-0.1, -0.05) is 6.92 Å². The van der Waals surface area contributed by atoms with Gasteiger partial charge < -0.3 is 16.4 Å². The third kappa shape index (κ3) is 2.86. The smallest absolute Gasteiger partial charge is 0.250 e. The molecule has 5 heteroatoms. The lowest BCUT2D eigenvalue weighted by atomic mass is 9.86. The van der Waals surface area contributed by atoms with Crippen molar-refractivity contribution in [2.24, 2.45) is 11.7 Å². The van der Waals surface area contributed by atoms with Crippen molar-refractivity contribution in [3.63, 3.8) is 0 Å². The van der Waals surface area contributed by atoms with Crippen LogP contribution in [0.4, 0.5) is 15.8 Å². The minimum absolute atomic E-state index is 0.0874. The molecule has 0 bridgehead atoms. The molecule has 0 aliphatic heterocycles. The molecule has 0 spiro atoms. The fraction of sp³-hybridized carbons (Fsp3) is 0.533. The number of carbonyl (C=O) groups is 1. The topological polar surface area (TPSA) is 72.3 Å². The highest BCUT2D eigenvalue weighted by Gasteiger charge is 2.24. The van der Waals surface area contributed by atoms with Crippen LogP contribution in [0.2, 0.25) is 0 Å². The summed E-state index contributed by atoms with van der Waals surface area (Å²) in [4.78, 5) is 13.2. The van der Waals surface area contributed by atoms with Gasteiger partial charge in [-0.3, -0.25) is 4.79 Å². The third-order valence-corrected chi connectivity index (χ3v) is 4.30. The van der Waals surface area contributed by atoms with E-state index in [2.05, 4.69) is 6.92 Å². The summed E-state index contributed by atoms with van der Waals surface area (Å²) in [6.45, 7) is 2.24. The Hall–Kier alpha value is -1.78. The van der Waals surface area contributed by atoms with Gasteiger partial charge in [-0.15, -0.1) is 0 Å². The molecule has 1 fully saturated rings. The highest BCUT2D eigenvalue weighted by molar-refractivity contribution is 5.99. The summed E-state index contributed by atoms with van der Waals surface area (Å²) in [6, 6.07) is 2.94. The second-order valence-electron chi connectivity index (χ2n) is 5.78. The first-order valence-electron chi connectivity index (χ1n) is 7.01. The van der Waals surface area contributed by atoms with E-state index in [1.54, 1.807) is 0 Å². The third-order valence-electron chi connectivity index (χ3n) is 4.30. The molecule has 1 aliphatic rings. The number of anilines is 2. The average Bonchev–Trinajstić information content (AvgIpc) is 2.38. The van der Waals surface area contributed by atoms with E-state index in [0.29, 0.717) is 11.7 Å². The van der Waals surface area contributed by atoms with E-state index in [-0.39, 0.29) is 11.3 Å². The maximum atomic E-state index is 14.1. The quantitative estimate of drug-likeness (QED) is 0.835. The van der Waals surface area contributed by atoms with Gasteiger partial charge in [-0.05, 0) is 43.7 Å². The van der Waals surface area contributed by atoms with Crippen molar-refractivity contribution < 1.29 is 9.18 Å². The molecule has 0 unspecified atom stereocenters.